The molecule has 0 aromatic heterocycles. The molecule has 0 saturated carbocycles. The SMILES string of the molecule is N#CCCNC(=O)Oc1ccc2c(c1)OCO2. The first-order valence-corrected chi connectivity index (χ1v) is 5.02. The normalized spacial score (nSPS) is 11.7. The maximum atomic E-state index is 11.3. The van der Waals surface area contributed by atoms with Crippen LogP contribution in [0.1, 0.15) is 6.42 Å². The molecule has 6 nitrogen and oxygen atoms in total. The van der Waals surface area contributed by atoms with Gasteiger partial charge in [0.05, 0.1) is 12.5 Å². The first kappa shape index (κ1) is 11.1. The number of nitrogens with zero attached hydrogens (tertiary/aromatic N) is 1. The zero-order valence-electron chi connectivity index (χ0n) is 8.93. The van der Waals surface area contributed by atoms with Crippen molar-refractivity contribution in [2.24, 2.45) is 0 Å². The van der Waals surface area contributed by atoms with Gasteiger partial charge in [0.15, 0.2) is 11.5 Å². The summed E-state index contributed by atoms with van der Waals surface area (Å²) in [6.45, 7) is 0.438. The maximum absolute atomic E-state index is 11.3. The highest BCUT2D eigenvalue weighted by Crippen LogP contribution is 2.34. The molecule has 0 atom stereocenters. The van der Waals surface area contributed by atoms with E-state index in [0.29, 0.717) is 17.2 Å². The number of ether oxygens (including phenoxy) is 3. The van der Waals surface area contributed by atoms with E-state index < -0.39 is 6.09 Å². The summed E-state index contributed by atoms with van der Waals surface area (Å²) >= 11 is 0. The molecule has 1 heterocycles. The number of hydrogen-bond acceptors (Lipinski definition) is 5. The van der Waals surface area contributed by atoms with E-state index in [4.69, 9.17) is 19.5 Å². The molecule has 1 aliphatic rings. The lowest BCUT2D eigenvalue weighted by Gasteiger charge is -2.05. The van der Waals surface area contributed by atoms with Crippen LogP contribution in [0.3, 0.4) is 0 Å². The molecular weight excluding hydrogens is 224 g/mol. The summed E-state index contributed by atoms with van der Waals surface area (Å²) < 4.78 is 15.3. The van der Waals surface area contributed by atoms with Gasteiger partial charge in [-0.1, -0.05) is 0 Å². The Morgan fingerprint density at radius 2 is 2.29 bits per heavy atom. The fourth-order valence-corrected chi connectivity index (χ4v) is 1.30. The highest BCUT2D eigenvalue weighted by Gasteiger charge is 2.14. The lowest BCUT2D eigenvalue weighted by molar-refractivity contribution is 0.174. The topological polar surface area (TPSA) is 80.6 Å². The molecule has 88 valence electrons. The molecule has 0 radical (unpaired) electrons. The third-order valence-corrected chi connectivity index (χ3v) is 2.06. The third kappa shape index (κ3) is 2.78. The van der Waals surface area contributed by atoms with Crippen LogP contribution in [0.15, 0.2) is 18.2 Å². The summed E-state index contributed by atoms with van der Waals surface area (Å²) in [6, 6.07) is 6.77. The minimum Gasteiger partial charge on any atom is -0.454 e. The van der Waals surface area contributed by atoms with E-state index in [1.54, 1.807) is 18.2 Å². The average molecular weight is 234 g/mol. The number of amides is 1. The van der Waals surface area contributed by atoms with Crippen LogP contribution in [0.25, 0.3) is 0 Å². The quantitative estimate of drug-likeness (QED) is 0.800. The standard InChI is InChI=1S/C11H10N2O4/c12-4-1-5-13-11(14)17-8-2-3-9-10(6-8)16-7-15-9/h2-3,6H,1,5,7H2,(H,13,14). The molecule has 1 aromatic carbocycles. The average Bonchev–Trinajstić information content (AvgIpc) is 2.76. The van der Waals surface area contributed by atoms with Crippen LogP contribution in [-0.4, -0.2) is 19.4 Å². The third-order valence-electron chi connectivity index (χ3n) is 2.06. The second-order valence-electron chi connectivity index (χ2n) is 3.24. The molecular formula is C11H10N2O4. The Morgan fingerprint density at radius 3 is 3.12 bits per heavy atom. The van der Waals surface area contributed by atoms with Crippen molar-refractivity contribution in [1.82, 2.24) is 5.32 Å². The van der Waals surface area contributed by atoms with Gasteiger partial charge >= 0.3 is 6.09 Å². The Kier molecular flexibility index (Phi) is 3.31. The molecule has 2 rings (SSSR count). The summed E-state index contributed by atoms with van der Waals surface area (Å²) in [5, 5.41) is 10.7. The van der Waals surface area contributed by atoms with Crippen LogP contribution in [0.2, 0.25) is 0 Å². The Balaban J connectivity index is 1.91. The zero-order chi connectivity index (χ0) is 12.1. The van der Waals surface area contributed by atoms with Gasteiger partial charge in [-0.3, -0.25) is 0 Å². The van der Waals surface area contributed by atoms with Crippen LogP contribution in [0.5, 0.6) is 17.2 Å². The monoisotopic (exact) mass is 234 g/mol. The van der Waals surface area contributed by atoms with Gasteiger partial charge in [-0.15, -0.1) is 0 Å². The zero-order valence-corrected chi connectivity index (χ0v) is 8.93. The number of benzene rings is 1. The smallest absolute Gasteiger partial charge is 0.412 e. The van der Waals surface area contributed by atoms with Crippen LogP contribution in [-0.2, 0) is 0 Å². The second kappa shape index (κ2) is 5.07. The maximum Gasteiger partial charge on any atom is 0.412 e. The van der Waals surface area contributed by atoms with Crippen molar-refractivity contribution in [3.63, 3.8) is 0 Å². The van der Waals surface area contributed by atoms with E-state index in [1.807, 2.05) is 6.07 Å². The van der Waals surface area contributed by atoms with Crippen molar-refractivity contribution in [2.45, 2.75) is 6.42 Å². The molecule has 0 fully saturated rings. The van der Waals surface area contributed by atoms with Crippen LogP contribution in [0.4, 0.5) is 4.79 Å². The molecule has 1 amide bonds. The number of fused-ring (bicyclic) bond motifs is 1. The van der Waals surface area contributed by atoms with E-state index in [9.17, 15) is 4.79 Å². The number of rotatable bonds is 3. The van der Waals surface area contributed by atoms with Gasteiger partial charge in [-0.2, -0.15) is 5.26 Å². The predicted molar refractivity (Wildman–Crippen MR) is 56.8 cm³/mol. The van der Waals surface area contributed by atoms with E-state index in [1.165, 1.54) is 0 Å². The minimum atomic E-state index is -0.598. The summed E-state index contributed by atoms with van der Waals surface area (Å²) in [7, 11) is 0. The lowest BCUT2D eigenvalue weighted by Crippen LogP contribution is -2.27. The van der Waals surface area contributed by atoms with Gasteiger partial charge < -0.3 is 19.5 Å². The van der Waals surface area contributed by atoms with Gasteiger partial charge in [0.25, 0.3) is 0 Å². The largest absolute Gasteiger partial charge is 0.454 e. The van der Waals surface area contributed by atoms with E-state index >= 15 is 0 Å². The molecule has 6 heteroatoms. The van der Waals surface area contributed by atoms with Crippen molar-refractivity contribution in [1.29, 1.82) is 5.26 Å². The minimum absolute atomic E-state index is 0.174. The number of hydrogen-bond donors (Lipinski definition) is 1. The Morgan fingerprint density at radius 1 is 1.47 bits per heavy atom. The first-order chi connectivity index (χ1) is 8.29. The van der Waals surface area contributed by atoms with Crippen molar-refractivity contribution in [3.05, 3.63) is 18.2 Å². The van der Waals surface area contributed by atoms with Gasteiger partial charge in [0, 0.05) is 12.6 Å². The van der Waals surface area contributed by atoms with Crippen molar-refractivity contribution < 1.29 is 19.0 Å². The van der Waals surface area contributed by atoms with Crippen molar-refractivity contribution >= 4 is 6.09 Å². The second-order valence-corrected chi connectivity index (χ2v) is 3.24. The van der Waals surface area contributed by atoms with Crippen LogP contribution >= 0.6 is 0 Å². The highest BCUT2D eigenvalue weighted by atomic mass is 16.7. The lowest BCUT2D eigenvalue weighted by atomic mass is 10.3. The molecule has 17 heavy (non-hydrogen) atoms. The van der Waals surface area contributed by atoms with Crippen molar-refractivity contribution in [3.8, 4) is 23.3 Å². The summed E-state index contributed by atoms with van der Waals surface area (Å²) in [5.74, 6) is 1.54. The van der Waals surface area contributed by atoms with E-state index in [-0.39, 0.29) is 19.8 Å². The molecule has 0 bridgehead atoms. The van der Waals surface area contributed by atoms with Crippen LogP contribution in [0, 0.1) is 11.3 Å². The number of carbonyl (C=O) groups is 1. The molecule has 1 aromatic rings. The van der Waals surface area contributed by atoms with Gasteiger partial charge in [0.1, 0.15) is 5.75 Å². The Bertz CT molecular complexity index is 467. The summed E-state index contributed by atoms with van der Waals surface area (Å²) in [4.78, 5) is 11.3. The molecule has 1 N–H and O–H groups in total. The van der Waals surface area contributed by atoms with Crippen LogP contribution < -0.4 is 19.5 Å². The molecule has 1 aliphatic heterocycles. The number of carbonyl (C=O) groups excluding carboxylic acids is 1. The summed E-state index contributed by atoms with van der Waals surface area (Å²) in [6.07, 6.45) is -0.352. The van der Waals surface area contributed by atoms with Gasteiger partial charge in [-0.25, -0.2) is 4.79 Å². The molecule has 0 spiro atoms. The molecule has 0 unspecified atom stereocenters. The molecule has 0 saturated heterocycles. The first-order valence-electron chi connectivity index (χ1n) is 5.02. The fourth-order valence-electron chi connectivity index (χ4n) is 1.30. The van der Waals surface area contributed by atoms with E-state index in [0.717, 1.165) is 0 Å². The Labute approximate surface area is 97.7 Å². The number of nitriles is 1. The fraction of sp³-hybridized carbons (Fsp3) is 0.273. The predicted octanol–water partition coefficient (Wildman–Crippen LogP) is 1.42. The molecule has 0 aliphatic carbocycles. The van der Waals surface area contributed by atoms with Gasteiger partial charge in [0.2, 0.25) is 6.79 Å². The summed E-state index contributed by atoms with van der Waals surface area (Å²) in [5.41, 5.74) is 0. The van der Waals surface area contributed by atoms with Gasteiger partial charge in [-0.05, 0) is 12.1 Å². The highest BCUT2D eigenvalue weighted by molar-refractivity contribution is 5.70. The van der Waals surface area contributed by atoms with Crippen molar-refractivity contribution in [2.75, 3.05) is 13.3 Å². The number of nitrogens with one attached hydrogen (secondary N) is 1. The Hall–Kier alpha value is -2.42. The van der Waals surface area contributed by atoms with E-state index in [2.05, 4.69) is 5.32 Å².